The van der Waals surface area contributed by atoms with Gasteiger partial charge < -0.3 is 10.6 Å². The molecule has 2 amide bonds. The molecule has 2 rings (SSSR count). The number of carbonyl (C=O) groups excluding carboxylic acids is 2. The molecular weight excluding hydrogens is 591 g/mol. The zero-order valence-electron chi connectivity index (χ0n) is 18.9. The third kappa shape index (κ3) is 8.50. The Morgan fingerprint density at radius 2 is 1.63 bits per heavy atom. The monoisotopic (exact) mass is 605 g/mol. The van der Waals surface area contributed by atoms with Crippen molar-refractivity contribution in [2.24, 2.45) is 0 Å². The van der Waals surface area contributed by atoms with E-state index < -0.39 is 58.8 Å². The molecule has 0 aliphatic heterocycles. The van der Waals surface area contributed by atoms with E-state index in [4.69, 9.17) is 34.8 Å². The third-order valence-corrected chi connectivity index (χ3v) is 6.06. The van der Waals surface area contributed by atoms with Crippen LogP contribution in [0, 0.1) is 10.1 Å². The van der Waals surface area contributed by atoms with Crippen molar-refractivity contribution >= 4 is 58.4 Å². The summed E-state index contributed by atoms with van der Waals surface area (Å²) in [6, 6.07) is 3.29. The molecule has 0 saturated heterocycles. The van der Waals surface area contributed by atoms with Gasteiger partial charge in [0.15, 0.2) is 0 Å². The molecule has 0 spiro atoms. The van der Waals surface area contributed by atoms with E-state index in [0.717, 1.165) is 43.3 Å². The molecule has 0 aliphatic rings. The van der Waals surface area contributed by atoms with Gasteiger partial charge in [0.1, 0.15) is 18.2 Å². The number of halogens is 9. The Hall–Kier alpha value is -3.03. The summed E-state index contributed by atoms with van der Waals surface area (Å²) in [5, 5.41) is 14.5. The van der Waals surface area contributed by atoms with Crippen LogP contribution in [0.2, 0.25) is 15.1 Å². The average Bonchev–Trinajstić information content (AvgIpc) is 2.79. The van der Waals surface area contributed by atoms with Crippen molar-refractivity contribution in [1.29, 1.82) is 0 Å². The lowest BCUT2D eigenvalue weighted by Crippen LogP contribution is -2.47. The summed E-state index contributed by atoms with van der Waals surface area (Å²) in [6.45, 7) is -0.598. The SMILES string of the molecule is CC(NC(=O)c1ccc(/C=C/C(c2cc(Cl)c(Cl)c(Cl)c2)C(F)(F)F)cc1[N+](=O)[O-])C(=O)NCC(F)(F)F. The summed E-state index contributed by atoms with van der Waals surface area (Å²) in [4.78, 5) is 34.7. The summed E-state index contributed by atoms with van der Waals surface area (Å²) >= 11 is 17.4. The van der Waals surface area contributed by atoms with Gasteiger partial charge in [-0.15, -0.1) is 0 Å². The van der Waals surface area contributed by atoms with E-state index in [0.29, 0.717) is 6.08 Å². The van der Waals surface area contributed by atoms with Gasteiger partial charge in [0.05, 0.1) is 25.9 Å². The van der Waals surface area contributed by atoms with Crippen molar-refractivity contribution in [1.82, 2.24) is 10.6 Å². The summed E-state index contributed by atoms with van der Waals surface area (Å²) in [5.41, 5.74) is -1.85. The van der Waals surface area contributed by atoms with Gasteiger partial charge in [-0.25, -0.2) is 0 Å². The van der Waals surface area contributed by atoms with Gasteiger partial charge in [-0.2, -0.15) is 26.3 Å². The minimum Gasteiger partial charge on any atom is -0.345 e. The number of rotatable bonds is 8. The summed E-state index contributed by atoms with van der Waals surface area (Å²) in [7, 11) is 0. The Bertz CT molecular complexity index is 1240. The van der Waals surface area contributed by atoms with Crippen LogP contribution in [0.1, 0.15) is 34.3 Å². The maximum Gasteiger partial charge on any atom is 0.405 e. The number of allylic oxidation sites excluding steroid dienone is 1. The van der Waals surface area contributed by atoms with Crippen LogP contribution in [0.4, 0.5) is 32.0 Å². The van der Waals surface area contributed by atoms with Gasteiger partial charge in [0, 0.05) is 6.07 Å². The molecule has 206 valence electrons. The van der Waals surface area contributed by atoms with Crippen molar-refractivity contribution < 1.29 is 40.9 Å². The van der Waals surface area contributed by atoms with Crippen molar-refractivity contribution in [3.63, 3.8) is 0 Å². The Morgan fingerprint density at radius 3 is 2.13 bits per heavy atom. The van der Waals surface area contributed by atoms with Gasteiger partial charge in [-0.05, 0) is 36.2 Å². The van der Waals surface area contributed by atoms with Crippen molar-refractivity contribution in [3.8, 4) is 0 Å². The summed E-state index contributed by atoms with van der Waals surface area (Å²) < 4.78 is 77.9. The molecule has 0 bridgehead atoms. The lowest BCUT2D eigenvalue weighted by molar-refractivity contribution is -0.385. The molecule has 2 N–H and O–H groups in total. The molecule has 0 radical (unpaired) electrons. The Morgan fingerprint density at radius 1 is 1.05 bits per heavy atom. The van der Waals surface area contributed by atoms with Gasteiger partial charge >= 0.3 is 12.4 Å². The van der Waals surface area contributed by atoms with E-state index in [1.165, 1.54) is 0 Å². The molecule has 0 saturated carbocycles. The van der Waals surface area contributed by atoms with Crippen LogP contribution in [0.25, 0.3) is 6.08 Å². The van der Waals surface area contributed by atoms with Gasteiger partial charge in [0.25, 0.3) is 11.6 Å². The molecule has 38 heavy (non-hydrogen) atoms. The Balaban J connectivity index is 2.32. The van der Waals surface area contributed by atoms with E-state index in [1.807, 2.05) is 5.32 Å². The number of nitro benzene ring substituents is 1. The molecule has 2 unspecified atom stereocenters. The van der Waals surface area contributed by atoms with Crippen LogP contribution in [-0.4, -0.2) is 41.7 Å². The number of nitrogens with zero attached hydrogens (tertiary/aromatic N) is 1. The van der Waals surface area contributed by atoms with Crippen molar-refractivity contribution in [2.45, 2.75) is 31.2 Å². The van der Waals surface area contributed by atoms with Crippen molar-refractivity contribution in [3.05, 3.63) is 78.3 Å². The normalized spacial score (nSPS) is 13.7. The van der Waals surface area contributed by atoms with E-state index >= 15 is 0 Å². The number of alkyl halides is 6. The molecule has 2 atom stereocenters. The van der Waals surface area contributed by atoms with E-state index in [9.17, 15) is 46.0 Å². The first-order valence-electron chi connectivity index (χ1n) is 10.2. The summed E-state index contributed by atoms with van der Waals surface area (Å²) in [6.07, 6.45) is -7.89. The fraction of sp³-hybridized carbons (Fsp3) is 0.273. The zero-order valence-corrected chi connectivity index (χ0v) is 21.2. The van der Waals surface area contributed by atoms with Gasteiger partial charge in [0.2, 0.25) is 5.91 Å². The largest absolute Gasteiger partial charge is 0.405 e. The maximum atomic E-state index is 13.7. The smallest absolute Gasteiger partial charge is 0.345 e. The van der Waals surface area contributed by atoms with Gasteiger partial charge in [-0.3, -0.25) is 19.7 Å². The topological polar surface area (TPSA) is 101 Å². The molecule has 2 aromatic carbocycles. The van der Waals surface area contributed by atoms with E-state index in [1.54, 1.807) is 5.32 Å². The molecule has 0 aromatic heterocycles. The van der Waals surface area contributed by atoms with Crippen LogP contribution in [0.5, 0.6) is 0 Å². The van der Waals surface area contributed by atoms with E-state index in [2.05, 4.69) is 0 Å². The molecule has 0 fully saturated rings. The van der Waals surface area contributed by atoms with Crippen molar-refractivity contribution in [2.75, 3.05) is 6.54 Å². The molecular formula is C22H16Cl3F6N3O4. The predicted octanol–water partition coefficient (Wildman–Crippen LogP) is 6.71. The molecule has 0 heterocycles. The molecule has 16 heteroatoms. The Kier molecular flexibility index (Phi) is 10.0. The number of nitrogens with one attached hydrogen (secondary N) is 2. The first kappa shape index (κ1) is 31.2. The Labute approximate surface area is 225 Å². The van der Waals surface area contributed by atoms with Gasteiger partial charge in [-0.1, -0.05) is 53.0 Å². The quantitative estimate of drug-likeness (QED) is 0.151. The summed E-state index contributed by atoms with van der Waals surface area (Å²) in [5.74, 6) is -4.59. The van der Waals surface area contributed by atoms with Crippen LogP contribution in [0.3, 0.4) is 0 Å². The second-order valence-electron chi connectivity index (χ2n) is 7.74. The highest BCUT2D eigenvalue weighted by molar-refractivity contribution is 6.48. The highest BCUT2D eigenvalue weighted by atomic mass is 35.5. The minimum absolute atomic E-state index is 0.0929. The first-order chi connectivity index (χ1) is 17.4. The number of benzene rings is 2. The predicted molar refractivity (Wildman–Crippen MR) is 128 cm³/mol. The number of carbonyl (C=O) groups is 2. The van der Waals surface area contributed by atoms with Crippen LogP contribution < -0.4 is 10.6 Å². The van der Waals surface area contributed by atoms with E-state index in [-0.39, 0.29) is 26.2 Å². The highest BCUT2D eigenvalue weighted by Gasteiger charge is 2.39. The lowest BCUT2D eigenvalue weighted by atomic mass is 9.96. The second kappa shape index (κ2) is 12.2. The van der Waals surface area contributed by atoms with Crippen LogP contribution in [-0.2, 0) is 4.79 Å². The average molecular weight is 607 g/mol. The molecule has 2 aromatic rings. The van der Waals surface area contributed by atoms with Crippen LogP contribution in [0.15, 0.2) is 36.4 Å². The first-order valence-corrected chi connectivity index (χ1v) is 11.4. The third-order valence-electron chi connectivity index (χ3n) is 4.87. The number of amides is 2. The fourth-order valence-corrected chi connectivity index (χ4v) is 3.66. The zero-order chi connectivity index (χ0) is 29.0. The maximum absolute atomic E-state index is 13.7. The number of hydrogen-bond donors (Lipinski definition) is 2. The highest BCUT2D eigenvalue weighted by Crippen LogP contribution is 2.41. The standard InChI is InChI=1S/C22H16Cl3F6N3O4/c1-10(19(35)32-9-21(26,27)28)33-20(36)13-4-2-11(6-17(13)34(37)38)3-5-14(22(29,30)31)12-7-15(23)18(25)16(24)8-12/h2-8,10,14H,9H2,1H3,(H,32,35)(H,33,36)/b5-3+. The number of hydrogen-bond acceptors (Lipinski definition) is 4. The minimum atomic E-state index is -4.81. The second-order valence-corrected chi connectivity index (χ2v) is 8.93. The lowest BCUT2D eigenvalue weighted by Gasteiger charge is -2.18. The molecule has 0 aliphatic carbocycles. The fourth-order valence-electron chi connectivity index (χ4n) is 3.05. The number of nitro groups is 1. The van der Waals surface area contributed by atoms with Crippen LogP contribution >= 0.6 is 34.8 Å². The molecule has 7 nitrogen and oxygen atoms in total.